The first-order valence-electron chi connectivity index (χ1n) is 9.39. The Labute approximate surface area is 164 Å². The van der Waals surface area contributed by atoms with Crippen LogP contribution >= 0.6 is 0 Å². The standard InChI is InChI=1S/C21H28N4O3/c1-12-9-16(18-24-25-19(28-18)22-8-7-21(5,6)27)23-17-14(12)10-13(26)11-15(17)20(2,3)4/h9-11,26-27H,7-8H2,1-6H3,(H,22,25). The van der Waals surface area contributed by atoms with Crippen molar-refractivity contribution in [1.82, 2.24) is 15.2 Å². The summed E-state index contributed by atoms with van der Waals surface area (Å²) >= 11 is 0. The number of anilines is 1. The highest BCUT2D eigenvalue weighted by Gasteiger charge is 2.22. The maximum absolute atomic E-state index is 10.1. The minimum atomic E-state index is -0.762. The average Bonchev–Trinajstić information content (AvgIpc) is 3.01. The molecule has 0 spiro atoms. The van der Waals surface area contributed by atoms with E-state index in [1.165, 1.54) is 0 Å². The number of benzene rings is 1. The van der Waals surface area contributed by atoms with Crippen LogP contribution in [0.2, 0.25) is 0 Å². The topological polar surface area (TPSA) is 104 Å². The number of nitrogens with one attached hydrogen (secondary N) is 1. The van der Waals surface area contributed by atoms with Crippen LogP contribution in [0.15, 0.2) is 22.6 Å². The first kappa shape index (κ1) is 20.1. The van der Waals surface area contributed by atoms with E-state index in [1.54, 1.807) is 26.0 Å². The van der Waals surface area contributed by atoms with Crippen LogP contribution in [0.4, 0.5) is 6.01 Å². The zero-order valence-corrected chi connectivity index (χ0v) is 17.3. The highest BCUT2D eigenvalue weighted by atomic mass is 16.4. The molecule has 0 aliphatic carbocycles. The normalized spacial score (nSPS) is 12.5. The van der Waals surface area contributed by atoms with E-state index in [4.69, 9.17) is 9.40 Å². The van der Waals surface area contributed by atoms with Gasteiger partial charge in [0.15, 0.2) is 0 Å². The minimum Gasteiger partial charge on any atom is -0.508 e. The number of aromatic nitrogens is 3. The van der Waals surface area contributed by atoms with E-state index < -0.39 is 5.60 Å². The smallest absolute Gasteiger partial charge is 0.315 e. The fraction of sp³-hybridized carbons (Fsp3) is 0.476. The molecule has 3 N–H and O–H groups in total. The summed E-state index contributed by atoms with van der Waals surface area (Å²) in [6, 6.07) is 5.66. The van der Waals surface area contributed by atoms with Crippen LogP contribution in [0.25, 0.3) is 22.5 Å². The number of hydrogen-bond donors (Lipinski definition) is 3. The van der Waals surface area contributed by atoms with Gasteiger partial charge in [0.1, 0.15) is 11.4 Å². The quantitative estimate of drug-likeness (QED) is 0.606. The van der Waals surface area contributed by atoms with Crippen molar-refractivity contribution >= 4 is 16.9 Å². The van der Waals surface area contributed by atoms with Crippen molar-refractivity contribution in [2.24, 2.45) is 0 Å². The molecule has 0 saturated heterocycles. The molecule has 2 aromatic heterocycles. The van der Waals surface area contributed by atoms with Crippen molar-refractivity contribution in [3.63, 3.8) is 0 Å². The van der Waals surface area contributed by atoms with Crippen molar-refractivity contribution in [1.29, 1.82) is 0 Å². The Kier molecular flexibility index (Phi) is 5.06. The number of aryl methyl sites for hydroxylation is 1. The maximum atomic E-state index is 10.1. The molecule has 0 saturated carbocycles. The summed E-state index contributed by atoms with van der Waals surface area (Å²) in [4.78, 5) is 4.77. The molecule has 1 aromatic carbocycles. The van der Waals surface area contributed by atoms with Crippen LogP contribution in [-0.4, -0.2) is 37.5 Å². The lowest BCUT2D eigenvalue weighted by Gasteiger charge is -2.21. The van der Waals surface area contributed by atoms with Crippen LogP contribution < -0.4 is 5.32 Å². The van der Waals surface area contributed by atoms with Gasteiger partial charge in [-0.3, -0.25) is 0 Å². The molecule has 0 fully saturated rings. The molecule has 150 valence electrons. The Morgan fingerprint density at radius 3 is 2.43 bits per heavy atom. The van der Waals surface area contributed by atoms with Gasteiger partial charge in [0.2, 0.25) is 0 Å². The van der Waals surface area contributed by atoms with E-state index in [-0.39, 0.29) is 11.2 Å². The summed E-state index contributed by atoms with van der Waals surface area (Å²) in [5.74, 6) is 0.551. The molecular weight excluding hydrogens is 356 g/mol. The van der Waals surface area contributed by atoms with Crippen LogP contribution in [-0.2, 0) is 5.41 Å². The van der Waals surface area contributed by atoms with Crippen LogP contribution in [0, 0.1) is 6.92 Å². The van der Waals surface area contributed by atoms with Gasteiger partial charge in [-0.25, -0.2) is 4.98 Å². The molecule has 0 bridgehead atoms. The molecule has 0 aliphatic rings. The fourth-order valence-electron chi connectivity index (χ4n) is 3.03. The van der Waals surface area contributed by atoms with E-state index in [0.717, 1.165) is 22.0 Å². The molecule has 0 aliphatic heterocycles. The second-order valence-electron chi connectivity index (χ2n) is 8.87. The van der Waals surface area contributed by atoms with Gasteiger partial charge >= 0.3 is 6.01 Å². The van der Waals surface area contributed by atoms with Crippen molar-refractivity contribution in [3.05, 3.63) is 29.3 Å². The number of fused-ring (bicyclic) bond motifs is 1. The first-order valence-corrected chi connectivity index (χ1v) is 9.39. The van der Waals surface area contributed by atoms with Gasteiger partial charge in [-0.2, -0.15) is 0 Å². The summed E-state index contributed by atoms with van der Waals surface area (Å²) in [5, 5.41) is 32.0. The molecule has 0 atom stereocenters. The van der Waals surface area contributed by atoms with Crippen molar-refractivity contribution in [2.45, 2.75) is 59.0 Å². The van der Waals surface area contributed by atoms with Crippen molar-refractivity contribution < 1.29 is 14.6 Å². The highest BCUT2D eigenvalue weighted by Crippen LogP contribution is 2.35. The molecule has 3 rings (SSSR count). The zero-order chi connectivity index (χ0) is 20.7. The van der Waals surface area contributed by atoms with Crippen molar-refractivity contribution in [2.75, 3.05) is 11.9 Å². The molecule has 7 nitrogen and oxygen atoms in total. The minimum absolute atomic E-state index is 0.187. The van der Waals surface area contributed by atoms with E-state index >= 15 is 0 Å². The second-order valence-corrected chi connectivity index (χ2v) is 8.87. The van der Waals surface area contributed by atoms with E-state index in [9.17, 15) is 10.2 Å². The monoisotopic (exact) mass is 384 g/mol. The molecule has 28 heavy (non-hydrogen) atoms. The summed E-state index contributed by atoms with van der Waals surface area (Å²) in [6.07, 6.45) is 0.552. The number of rotatable bonds is 5. The van der Waals surface area contributed by atoms with Crippen molar-refractivity contribution in [3.8, 4) is 17.3 Å². The fourth-order valence-corrected chi connectivity index (χ4v) is 3.03. The third kappa shape index (κ3) is 4.42. The molecule has 0 unspecified atom stereocenters. The number of aromatic hydroxyl groups is 1. The van der Waals surface area contributed by atoms with Gasteiger partial charge in [-0.15, -0.1) is 5.10 Å². The summed E-state index contributed by atoms with van der Waals surface area (Å²) < 4.78 is 5.71. The summed E-state index contributed by atoms with van der Waals surface area (Å²) in [6.45, 7) is 12.2. The van der Waals surface area contributed by atoms with E-state index in [2.05, 4.69) is 36.3 Å². The Balaban J connectivity index is 1.97. The third-order valence-electron chi connectivity index (χ3n) is 4.57. The number of hydrogen-bond acceptors (Lipinski definition) is 7. The van der Waals surface area contributed by atoms with Crippen LogP contribution in [0.1, 0.15) is 52.2 Å². The van der Waals surface area contributed by atoms with Gasteiger partial charge in [-0.1, -0.05) is 25.9 Å². The second kappa shape index (κ2) is 7.05. The molecular formula is C21H28N4O3. The summed E-state index contributed by atoms with van der Waals surface area (Å²) in [5.41, 5.74) is 2.38. The first-order chi connectivity index (χ1) is 12.9. The van der Waals surface area contributed by atoms with Gasteiger partial charge < -0.3 is 19.9 Å². The SMILES string of the molecule is Cc1cc(-c2nnc(NCCC(C)(C)O)o2)nc2c(C(C)(C)C)cc(O)cc12. The van der Waals surface area contributed by atoms with Crippen LogP contribution in [0.3, 0.4) is 0 Å². The van der Waals surface area contributed by atoms with Gasteiger partial charge in [0.25, 0.3) is 5.89 Å². The van der Waals surface area contributed by atoms with E-state index in [1.807, 2.05) is 13.0 Å². The number of aliphatic hydroxyl groups is 1. The summed E-state index contributed by atoms with van der Waals surface area (Å²) in [7, 11) is 0. The molecule has 3 aromatic rings. The number of phenols is 1. The Bertz CT molecular complexity index is 997. The number of pyridine rings is 1. The van der Waals surface area contributed by atoms with Gasteiger partial charge in [-0.05, 0) is 61.9 Å². The molecule has 2 heterocycles. The largest absolute Gasteiger partial charge is 0.508 e. The lowest BCUT2D eigenvalue weighted by molar-refractivity contribution is 0.0747. The van der Waals surface area contributed by atoms with Crippen LogP contribution in [0.5, 0.6) is 5.75 Å². The Morgan fingerprint density at radius 2 is 1.79 bits per heavy atom. The average molecular weight is 384 g/mol. The number of phenolic OH excluding ortho intramolecular Hbond substituents is 1. The third-order valence-corrected chi connectivity index (χ3v) is 4.57. The Morgan fingerprint density at radius 1 is 1.07 bits per heavy atom. The molecule has 0 amide bonds. The lowest BCUT2D eigenvalue weighted by atomic mass is 9.84. The maximum Gasteiger partial charge on any atom is 0.315 e. The van der Waals surface area contributed by atoms with Gasteiger partial charge in [0.05, 0.1) is 11.1 Å². The predicted molar refractivity (Wildman–Crippen MR) is 110 cm³/mol. The van der Waals surface area contributed by atoms with E-state index in [0.29, 0.717) is 30.6 Å². The predicted octanol–water partition coefficient (Wildman–Crippen LogP) is 4.17. The zero-order valence-electron chi connectivity index (χ0n) is 17.3. The Hall–Kier alpha value is -2.67. The number of nitrogens with zero attached hydrogens (tertiary/aromatic N) is 3. The van der Waals surface area contributed by atoms with Gasteiger partial charge in [0, 0.05) is 11.9 Å². The lowest BCUT2D eigenvalue weighted by Crippen LogP contribution is -2.22. The molecule has 7 heteroatoms. The molecule has 0 radical (unpaired) electrons. The highest BCUT2D eigenvalue weighted by molar-refractivity contribution is 5.89.